The zero-order chi connectivity index (χ0) is 21.3. The van der Waals surface area contributed by atoms with Crippen LogP contribution in [0.3, 0.4) is 0 Å². The number of methoxy groups -OCH3 is 2. The summed E-state index contributed by atoms with van der Waals surface area (Å²) in [6, 6.07) is 6.52. The lowest BCUT2D eigenvalue weighted by Gasteiger charge is -2.31. The van der Waals surface area contributed by atoms with Crippen LogP contribution in [0.15, 0.2) is 18.2 Å². The van der Waals surface area contributed by atoms with E-state index in [4.69, 9.17) is 9.47 Å². The van der Waals surface area contributed by atoms with Crippen molar-refractivity contribution in [3.8, 4) is 5.75 Å². The number of benzene rings is 1. The summed E-state index contributed by atoms with van der Waals surface area (Å²) in [5.41, 5.74) is 2.95. The number of hydrogen-bond donors (Lipinski definition) is 0. The van der Waals surface area contributed by atoms with E-state index >= 15 is 0 Å². The molecule has 6 heteroatoms. The monoisotopic (exact) mass is 412 g/mol. The van der Waals surface area contributed by atoms with Gasteiger partial charge in [0.1, 0.15) is 5.75 Å². The molecule has 2 aliphatic rings. The molecule has 1 amide bonds. The fourth-order valence-corrected chi connectivity index (χ4v) is 5.27. The molecule has 1 saturated carbocycles. The lowest BCUT2D eigenvalue weighted by atomic mass is 9.95. The van der Waals surface area contributed by atoms with Crippen molar-refractivity contribution in [2.24, 2.45) is 5.92 Å². The van der Waals surface area contributed by atoms with E-state index in [0.29, 0.717) is 32.0 Å². The van der Waals surface area contributed by atoms with Gasteiger partial charge in [-0.1, -0.05) is 19.3 Å². The Bertz CT molecular complexity index is 934. The van der Waals surface area contributed by atoms with Crippen LogP contribution >= 0.6 is 0 Å². The van der Waals surface area contributed by atoms with E-state index in [-0.39, 0.29) is 17.8 Å². The first-order valence-corrected chi connectivity index (χ1v) is 11.1. The number of likely N-dealkylation sites (tertiary alicyclic amines) is 1. The van der Waals surface area contributed by atoms with Gasteiger partial charge in [-0.15, -0.1) is 0 Å². The zero-order valence-electron chi connectivity index (χ0n) is 18.3. The van der Waals surface area contributed by atoms with Gasteiger partial charge in [0.05, 0.1) is 25.7 Å². The third-order valence-corrected chi connectivity index (χ3v) is 6.93. The largest absolute Gasteiger partial charge is 0.497 e. The summed E-state index contributed by atoms with van der Waals surface area (Å²) < 4.78 is 12.7. The number of fused-ring (bicyclic) bond motifs is 1. The van der Waals surface area contributed by atoms with Crippen molar-refractivity contribution in [3.05, 3.63) is 29.5 Å². The summed E-state index contributed by atoms with van der Waals surface area (Å²) in [6.45, 7) is 3.24. The highest BCUT2D eigenvalue weighted by atomic mass is 16.5. The number of ether oxygens (including phenoxy) is 2. The van der Waals surface area contributed by atoms with Crippen molar-refractivity contribution in [1.29, 1.82) is 0 Å². The molecule has 0 unspecified atom stereocenters. The first-order chi connectivity index (χ1) is 14.5. The van der Waals surface area contributed by atoms with Crippen LogP contribution in [0, 0.1) is 12.8 Å². The summed E-state index contributed by atoms with van der Waals surface area (Å²) in [6.07, 6.45) is 7.41. The Morgan fingerprint density at radius 1 is 1.00 bits per heavy atom. The molecule has 2 fully saturated rings. The molecule has 30 heavy (non-hydrogen) atoms. The van der Waals surface area contributed by atoms with Crippen molar-refractivity contribution in [2.45, 2.75) is 57.9 Å². The molecule has 0 bridgehead atoms. The van der Waals surface area contributed by atoms with E-state index in [1.54, 1.807) is 7.11 Å². The minimum absolute atomic E-state index is 0.0589. The molecule has 1 aliphatic carbocycles. The van der Waals surface area contributed by atoms with Crippen molar-refractivity contribution in [1.82, 2.24) is 9.47 Å². The van der Waals surface area contributed by atoms with Crippen LogP contribution in [0.25, 0.3) is 10.9 Å². The van der Waals surface area contributed by atoms with Crippen LogP contribution in [0.2, 0.25) is 0 Å². The first-order valence-electron chi connectivity index (χ1n) is 11.1. The normalized spacial score (nSPS) is 18.6. The summed E-state index contributed by atoms with van der Waals surface area (Å²) >= 11 is 0. The number of carbonyl (C=O) groups excluding carboxylic acids is 2. The number of piperidine rings is 1. The van der Waals surface area contributed by atoms with E-state index in [1.165, 1.54) is 26.4 Å². The van der Waals surface area contributed by atoms with Crippen molar-refractivity contribution in [2.75, 3.05) is 27.3 Å². The van der Waals surface area contributed by atoms with Gasteiger partial charge in [-0.3, -0.25) is 9.59 Å². The van der Waals surface area contributed by atoms with E-state index in [1.807, 2.05) is 17.0 Å². The smallest absolute Gasteiger partial charge is 0.308 e. The average Bonchev–Trinajstić information content (AvgIpc) is 3.09. The Labute approximate surface area is 178 Å². The topological polar surface area (TPSA) is 60.8 Å². The van der Waals surface area contributed by atoms with E-state index in [2.05, 4.69) is 17.6 Å². The molecule has 0 spiro atoms. The van der Waals surface area contributed by atoms with Crippen LogP contribution in [0.1, 0.15) is 67.0 Å². The number of esters is 1. The predicted octanol–water partition coefficient (Wildman–Crippen LogP) is 4.49. The number of rotatable bonds is 4. The van der Waals surface area contributed by atoms with E-state index in [9.17, 15) is 9.59 Å². The molecule has 2 aromatic rings. The third kappa shape index (κ3) is 3.68. The fraction of sp³-hybridized carbons (Fsp3) is 0.583. The lowest BCUT2D eigenvalue weighted by Crippen LogP contribution is -2.40. The second-order valence-corrected chi connectivity index (χ2v) is 8.59. The molecule has 4 rings (SSSR count). The number of amides is 1. The van der Waals surface area contributed by atoms with Crippen LogP contribution in [-0.4, -0.2) is 48.7 Å². The summed E-state index contributed by atoms with van der Waals surface area (Å²) in [5.74, 6) is 0.547. The van der Waals surface area contributed by atoms with Crippen molar-refractivity contribution >= 4 is 22.8 Å². The average molecular weight is 413 g/mol. The Kier molecular flexibility index (Phi) is 6.02. The van der Waals surface area contributed by atoms with Gasteiger partial charge in [0.15, 0.2) is 0 Å². The highest BCUT2D eigenvalue weighted by Crippen LogP contribution is 2.38. The molecule has 1 aromatic carbocycles. The number of hydrogen-bond acceptors (Lipinski definition) is 4. The second kappa shape index (κ2) is 8.70. The summed E-state index contributed by atoms with van der Waals surface area (Å²) in [5, 5.41) is 0.970. The van der Waals surface area contributed by atoms with Gasteiger partial charge in [-0.25, -0.2) is 0 Å². The van der Waals surface area contributed by atoms with Crippen molar-refractivity contribution < 1.29 is 19.1 Å². The summed E-state index contributed by atoms with van der Waals surface area (Å²) in [4.78, 5) is 27.4. The maximum Gasteiger partial charge on any atom is 0.308 e. The Balaban J connectivity index is 1.70. The quantitative estimate of drug-likeness (QED) is 0.694. The SMILES string of the molecule is COC(=O)C1CCN(C(=O)c2c(C)n(C3CCCCC3)c3ccc(OC)cc23)CC1. The molecular formula is C24H32N2O4. The van der Waals surface area contributed by atoms with Gasteiger partial charge < -0.3 is 18.9 Å². The maximum absolute atomic E-state index is 13.6. The minimum atomic E-state index is -0.170. The molecule has 0 radical (unpaired) electrons. The Morgan fingerprint density at radius 2 is 1.70 bits per heavy atom. The van der Waals surface area contributed by atoms with Crippen LogP contribution < -0.4 is 4.74 Å². The summed E-state index contributed by atoms with van der Waals surface area (Å²) in [7, 11) is 3.09. The Morgan fingerprint density at radius 3 is 2.33 bits per heavy atom. The highest BCUT2D eigenvalue weighted by Gasteiger charge is 2.32. The minimum Gasteiger partial charge on any atom is -0.497 e. The second-order valence-electron chi connectivity index (χ2n) is 8.59. The van der Waals surface area contributed by atoms with Gasteiger partial charge in [0.2, 0.25) is 0 Å². The number of nitrogens with zero attached hydrogens (tertiary/aromatic N) is 2. The van der Waals surface area contributed by atoms with Crippen LogP contribution in [0.4, 0.5) is 0 Å². The van der Waals surface area contributed by atoms with Crippen LogP contribution in [0.5, 0.6) is 5.75 Å². The molecule has 162 valence electrons. The lowest BCUT2D eigenvalue weighted by molar-refractivity contribution is -0.146. The van der Waals surface area contributed by atoms with Gasteiger partial charge in [-0.2, -0.15) is 0 Å². The molecule has 1 aromatic heterocycles. The van der Waals surface area contributed by atoms with Gasteiger partial charge in [0.25, 0.3) is 5.91 Å². The molecule has 6 nitrogen and oxygen atoms in total. The maximum atomic E-state index is 13.6. The van der Waals surface area contributed by atoms with Crippen LogP contribution in [-0.2, 0) is 9.53 Å². The van der Waals surface area contributed by atoms with Gasteiger partial charge in [-0.05, 0) is 50.8 Å². The Hall–Kier alpha value is -2.50. The fourth-order valence-electron chi connectivity index (χ4n) is 5.27. The van der Waals surface area contributed by atoms with E-state index < -0.39 is 0 Å². The number of carbonyl (C=O) groups is 2. The molecule has 0 atom stereocenters. The molecule has 2 heterocycles. The third-order valence-electron chi connectivity index (χ3n) is 6.93. The molecular weight excluding hydrogens is 380 g/mol. The number of aromatic nitrogens is 1. The van der Waals surface area contributed by atoms with Gasteiger partial charge in [0, 0.05) is 35.7 Å². The first kappa shape index (κ1) is 20.8. The molecule has 1 saturated heterocycles. The zero-order valence-corrected chi connectivity index (χ0v) is 18.3. The van der Waals surface area contributed by atoms with Gasteiger partial charge >= 0.3 is 5.97 Å². The van der Waals surface area contributed by atoms with Crippen molar-refractivity contribution in [3.63, 3.8) is 0 Å². The standard InChI is InChI=1S/C24H32N2O4/c1-16-22(23(27)25-13-11-17(12-14-25)24(28)30-3)20-15-19(29-2)9-10-21(20)26(16)18-7-5-4-6-8-18/h9-10,15,17-18H,4-8,11-14H2,1-3H3. The predicted molar refractivity (Wildman–Crippen MR) is 116 cm³/mol. The highest BCUT2D eigenvalue weighted by molar-refractivity contribution is 6.09. The van der Waals surface area contributed by atoms with E-state index in [0.717, 1.165) is 40.8 Å². The molecule has 1 aliphatic heterocycles. The molecule has 0 N–H and O–H groups in total.